The van der Waals surface area contributed by atoms with E-state index in [0.717, 1.165) is 0 Å². The van der Waals surface area contributed by atoms with Crippen LogP contribution in [0.15, 0.2) is 0 Å². The second-order valence-corrected chi connectivity index (χ2v) is 9.31. The number of alkyl halides is 3. The highest BCUT2D eigenvalue weighted by Crippen LogP contribution is 2.69. The molecule has 0 spiro atoms. The van der Waals surface area contributed by atoms with E-state index in [4.69, 9.17) is 44.2 Å². The zero-order valence-corrected chi connectivity index (χ0v) is 13.5. The molecule has 0 saturated heterocycles. The Morgan fingerprint density at radius 3 is 2.35 bits per heavy atom. The van der Waals surface area contributed by atoms with Crippen molar-refractivity contribution < 1.29 is 22.9 Å². The highest BCUT2D eigenvalue weighted by molar-refractivity contribution is 7.65. The largest absolute Gasteiger partial charge is 0.373 e. The SMILES string of the molecule is CC(C)CC(Cl)(Cl)P(=O)(OCCCl)O[PH](=O)O. The molecule has 0 aliphatic rings. The van der Waals surface area contributed by atoms with Crippen LogP contribution >= 0.6 is 50.7 Å². The Balaban J connectivity index is 5.00. The Kier molecular flexibility index (Phi) is 8.26. The summed E-state index contributed by atoms with van der Waals surface area (Å²) in [5, 5.41) is 0. The molecule has 5 nitrogen and oxygen atoms in total. The van der Waals surface area contributed by atoms with Gasteiger partial charge < -0.3 is 9.42 Å². The van der Waals surface area contributed by atoms with Crippen LogP contribution in [0, 0.1) is 5.92 Å². The molecular formula is C7H15Cl3O5P2. The maximum atomic E-state index is 12.2. The lowest BCUT2D eigenvalue weighted by atomic mass is 10.2. The fourth-order valence-corrected chi connectivity index (χ4v) is 5.44. The van der Waals surface area contributed by atoms with Gasteiger partial charge in [-0.2, -0.15) is 0 Å². The fourth-order valence-electron chi connectivity index (χ4n) is 1.05. The molecule has 2 atom stereocenters. The summed E-state index contributed by atoms with van der Waals surface area (Å²) in [7, 11) is -7.61. The van der Waals surface area contributed by atoms with E-state index in [1.165, 1.54) is 0 Å². The molecule has 0 aromatic rings. The van der Waals surface area contributed by atoms with Crippen molar-refractivity contribution in [3.05, 3.63) is 0 Å². The van der Waals surface area contributed by atoms with E-state index in [0.29, 0.717) is 0 Å². The van der Waals surface area contributed by atoms with Crippen LogP contribution in [0.5, 0.6) is 0 Å². The number of hydrogen-bond acceptors (Lipinski definition) is 4. The van der Waals surface area contributed by atoms with Crippen LogP contribution in [0.3, 0.4) is 0 Å². The topological polar surface area (TPSA) is 72.8 Å². The normalized spacial score (nSPS) is 18.1. The predicted octanol–water partition coefficient (Wildman–Crippen LogP) is 4.01. The van der Waals surface area contributed by atoms with Gasteiger partial charge in [-0.3, -0.25) is 9.13 Å². The van der Waals surface area contributed by atoms with Crippen molar-refractivity contribution in [2.24, 2.45) is 5.92 Å². The van der Waals surface area contributed by atoms with Crippen molar-refractivity contribution >= 4 is 50.7 Å². The van der Waals surface area contributed by atoms with Crippen LogP contribution in [0.1, 0.15) is 20.3 Å². The summed E-state index contributed by atoms with van der Waals surface area (Å²) >= 11 is 17.2. The van der Waals surface area contributed by atoms with E-state index in [1.54, 1.807) is 13.8 Å². The first kappa shape index (κ1) is 18.2. The van der Waals surface area contributed by atoms with E-state index < -0.39 is 19.9 Å². The molecule has 0 aromatic heterocycles. The van der Waals surface area contributed by atoms with Crippen LogP contribution in [0.2, 0.25) is 0 Å². The van der Waals surface area contributed by atoms with Gasteiger partial charge in [0.2, 0.25) is 4.07 Å². The molecular weight excluding hydrogens is 332 g/mol. The predicted molar refractivity (Wildman–Crippen MR) is 70.5 cm³/mol. The van der Waals surface area contributed by atoms with Crippen LogP contribution < -0.4 is 0 Å². The quantitative estimate of drug-likeness (QED) is 0.530. The average Bonchev–Trinajstić information content (AvgIpc) is 2.11. The molecule has 104 valence electrons. The zero-order valence-electron chi connectivity index (χ0n) is 9.36. The van der Waals surface area contributed by atoms with Crippen molar-refractivity contribution in [3.8, 4) is 0 Å². The third-order valence-corrected chi connectivity index (χ3v) is 6.39. The maximum absolute atomic E-state index is 12.2. The van der Waals surface area contributed by atoms with Crippen LogP contribution in [-0.4, -0.2) is 21.5 Å². The van der Waals surface area contributed by atoms with Crippen molar-refractivity contribution in [2.75, 3.05) is 12.5 Å². The fraction of sp³-hybridized carbons (Fsp3) is 1.00. The first-order valence-electron chi connectivity index (χ1n) is 4.75. The highest BCUT2D eigenvalue weighted by atomic mass is 35.5. The second kappa shape index (κ2) is 7.72. The van der Waals surface area contributed by atoms with Gasteiger partial charge in [0.1, 0.15) is 0 Å². The molecule has 10 heteroatoms. The van der Waals surface area contributed by atoms with Crippen LogP contribution in [0.25, 0.3) is 0 Å². The first-order valence-corrected chi connectivity index (χ1v) is 8.85. The summed E-state index contributed by atoms with van der Waals surface area (Å²) in [5.74, 6) is 0.0353. The van der Waals surface area contributed by atoms with Gasteiger partial charge in [-0.25, -0.2) is 4.31 Å². The Hall–Kier alpha value is 1.21. The lowest BCUT2D eigenvalue weighted by Crippen LogP contribution is -2.19. The van der Waals surface area contributed by atoms with Crippen LogP contribution in [0.4, 0.5) is 0 Å². The summed E-state index contributed by atoms with van der Waals surface area (Å²) in [6.07, 6.45) is 0.0881. The Morgan fingerprint density at radius 2 is 2.00 bits per heavy atom. The van der Waals surface area contributed by atoms with Gasteiger partial charge in [0.05, 0.1) is 6.61 Å². The minimum atomic E-state index is -4.12. The Morgan fingerprint density at radius 1 is 1.47 bits per heavy atom. The standard InChI is InChI=1S/C7H15Cl3O5P2/c1-6(2)5-7(9,10)17(13,14-4-3-8)15-16(11)12/h6,16H,3-5H2,1-2H3,(H,11,12). The van der Waals surface area contributed by atoms with E-state index in [1.807, 2.05) is 0 Å². The molecule has 0 saturated carbocycles. The minimum Gasteiger partial charge on any atom is -0.326 e. The van der Waals surface area contributed by atoms with Gasteiger partial charge in [0, 0.05) is 5.88 Å². The van der Waals surface area contributed by atoms with Crippen LogP contribution in [-0.2, 0) is 18.0 Å². The number of rotatable bonds is 8. The maximum Gasteiger partial charge on any atom is 0.373 e. The van der Waals surface area contributed by atoms with Gasteiger partial charge in [-0.1, -0.05) is 37.0 Å². The molecule has 0 bridgehead atoms. The van der Waals surface area contributed by atoms with E-state index in [-0.39, 0.29) is 24.8 Å². The third kappa shape index (κ3) is 6.26. The molecule has 0 radical (unpaired) electrons. The molecule has 0 amide bonds. The summed E-state index contributed by atoms with van der Waals surface area (Å²) in [6, 6.07) is 0. The van der Waals surface area contributed by atoms with Gasteiger partial charge >= 0.3 is 15.9 Å². The van der Waals surface area contributed by atoms with Gasteiger partial charge in [0.15, 0.2) is 0 Å². The molecule has 0 rings (SSSR count). The van der Waals surface area contributed by atoms with E-state index in [9.17, 15) is 9.13 Å². The summed E-state index contributed by atoms with van der Waals surface area (Å²) in [4.78, 5) is 8.71. The molecule has 0 aliphatic carbocycles. The number of hydrogen-bond donors (Lipinski definition) is 1. The Bertz CT molecular complexity index is 310. The van der Waals surface area contributed by atoms with Crippen molar-refractivity contribution in [3.63, 3.8) is 0 Å². The van der Waals surface area contributed by atoms with E-state index in [2.05, 4.69) is 4.31 Å². The molecule has 0 aliphatic heterocycles. The lowest BCUT2D eigenvalue weighted by Gasteiger charge is -2.29. The molecule has 1 N–H and O–H groups in total. The average molecular weight is 347 g/mol. The molecule has 17 heavy (non-hydrogen) atoms. The summed E-state index contributed by atoms with van der Waals surface area (Å²) in [6.45, 7) is 3.45. The molecule has 2 unspecified atom stereocenters. The molecule has 0 heterocycles. The van der Waals surface area contributed by atoms with Crippen molar-refractivity contribution in [2.45, 2.75) is 24.3 Å². The van der Waals surface area contributed by atoms with Gasteiger partial charge in [-0.05, 0) is 12.3 Å². The lowest BCUT2D eigenvalue weighted by molar-refractivity contribution is 0.264. The Labute approximate surface area is 116 Å². The molecule has 0 aromatic carbocycles. The molecule has 0 fully saturated rings. The first-order chi connectivity index (χ1) is 7.64. The third-order valence-electron chi connectivity index (χ3n) is 1.59. The van der Waals surface area contributed by atoms with Gasteiger partial charge in [0.25, 0.3) is 0 Å². The highest BCUT2D eigenvalue weighted by Gasteiger charge is 2.50. The van der Waals surface area contributed by atoms with Crippen molar-refractivity contribution in [1.29, 1.82) is 0 Å². The summed E-state index contributed by atoms with van der Waals surface area (Å²) < 4.78 is 30.3. The van der Waals surface area contributed by atoms with Gasteiger partial charge in [-0.15, -0.1) is 11.6 Å². The smallest absolute Gasteiger partial charge is 0.326 e. The van der Waals surface area contributed by atoms with Crippen molar-refractivity contribution in [1.82, 2.24) is 0 Å². The van der Waals surface area contributed by atoms with E-state index >= 15 is 0 Å². The minimum absolute atomic E-state index is 0.00236. The zero-order chi connectivity index (χ0) is 13.7. The monoisotopic (exact) mass is 346 g/mol. The summed E-state index contributed by atoms with van der Waals surface area (Å²) in [5.41, 5.74) is 0. The second-order valence-electron chi connectivity index (χ2n) is 3.64. The number of halogens is 3.